The molecule has 0 atom stereocenters. The maximum atomic E-state index is 12.7. The van der Waals surface area contributed by atoms with Gasteiger partial charge in [-0.15, -0.1) is 11.3 Å². The topological polar surface area (TPSA) is 76.7 Å². The molecule has 0 aliphatic carbocycles. The summed E-state index contributed by atoms with van der Waals surface area (Å²) in [5, 5.41) is 7.49. The van der Waals surface area contributed by atoms with Crippen LogP contribution in [0.15, 0.2) is 60.0 Å². The van der Waals surface area contributed by atoms with Crippen LogP contribution < -0.4 is 20.1 Å². The molecule has 6 nitrogen and oxygen atoms in total. The monoisotopic (exact) mass is 396 g/mol. The van der Waals surface area contributed by atoms with Crippen LogP contribution in [0.4, 0.5) is 5.69 Å². The lowest BCUT2D eigenvalue weighted by molar-refractivity contribution is 0.0951. The number of thiophene rings is 1. The van der Waals surface area contributed by atoms with Gasteiger partial charge in [-0.05, 0) is 29.6 Å². The number of benzene rings is 2. The molecule has 3 rings (SSSR count). The molecule has 144 valence electrons. The minimum atomic E-state index is -0.299. The van der Waals surface area contributed by atoms with Gasteiger partial charge in [0.1, 0.15) is 0 Å². The van der Waals surface area contributed by atoms with E-state index in [4.69, 9.17) is 9.47 Å². The van der Waals surface area contributed by atoms with Crippen molar-refractivity contribution in [2.45, 2.75) is 6.54 Å². The third-order valence-corrected chi connectivity index (χ3v) is 4.96. The summed E-state index contributed by atoms with van der Waals surface area (Å²) < 4.78 is 10.7. The Morgan fingerprint density at radius 1 is 0.929 bits per heavy atom. The Morgan fingerprint density at radius 2 is 1.75 bits per heavy atom. The fourth-order valence-corrected chi connectivity index (χ4v) is 3.36. The highest BCUT2D eigenvalue weighted by atomic mass is 32.1. The van der Waals surface area contributed by atoms with Crippen LogP contribution in [0.5, 0.6) is 11.5 Å². The quantitative estimate of drug-likeness (QED) is 0.634. The SMILES string of the molecule is COc1cccc(CNC(=O)c2ccccc2NC(=O)c2cccs2)c1OC. The number of anilines is 1. The molecule has 0 aliphatic heterocycles. The minimum Gasteiger partial charge on any atom is -0.493 e. The molecule has 0 fully saturated rings. The lowest BCUT2D eigenvalue weighted by Gasteiger charge is -2.14. The summed E-state index contributed by atoms with van der Waals surface area (Å²) in [6.45, 7) is 0.256. The molecular formula is C21H20N2O4S. The number of para-hydroxylation sites is 2. The van der Waals surface area contributed by atoms with Crippen LogP contribution in [0.25, 0.3) is 0 Å². The lowest BCUT2D eigenvalue weighted by atomic mass is 10.1. The van der Waals surface area contributed by atoms with Gasteiger partial charge >= 0.3 is 0 Å². The largest absolute Gasteiger partial charge is 0.493 e. The van der Waals surface area contributed by atoms with Gasteiger partial charge in [-0.1, -0.05) is 30.3 Å². The molecule has 2 amide bonds. The number of amides is 2. The fraction of sp³-hybridized carbons (Fsp3) is 0.143. The Labute approximate surface area is 167 Å². The molecule has 1 heterocycles. The Balaban J connectivity index is 1.74. The van der Waals surface area contributed by atoms with E-state index in [2.05, 4.69) is 10.6 Å². The Morgan fingerprint density at radius 3 is 2.46 bits per heavy atom. The summed E-state index contributed by atoms with van der Waals surface area (Å²) in [4.78, 5) is 25.6. The number of hydrogen-bond acceptors (Lipinski definition) is 5. The molecule has 0 radical (unpaired) electrons. The zero-order valence-corrected chi connectivity index (χ0v) is 16.3. The van der Waals surface area contributed by atoms with Crippen LogP contribution in [-0.2, 0) is 6.54 Å². The first-order valence-electron chi connectivity index (χ1n) is 8.56. The van der Waals surface area contributed by atoms with Gasteiger partial charge in [-0.25, -0.2) is 0 Å². The van der Waals surface area contributed by atoms with E-state index in [0.29, 0.717) is 27.6 Å². The number of carbonyl (C=O) groups excluding carboxylic acids is 2. The molecule has 3 aromatic rings. The van der Waals surface area contributed by atoms with Crippen molar-refractivity contribution in [1.82, 2.24) is 5.32 Å². The average Bonchev–Trinajstić information content (AvgIpc) is 3.27. The molecule has 0 saturated heterocycles. The van der Waals surface area contributed by atoms with Gasteiger partial charge in [-0.2, -0.15) is 0 Å². The van der Waals surface area contributed by atoms with Gasteiger partial charge in [0.15, 0.2) is 11.5 Å². The standard InChI is InChI=1S/C21H20N2O4S/c1-26-17-10-5-7-14(19(17)27-2)13-22-20(24)15-8-3-4-9-16(15)23-21(25)18-11-6-12-28-18/h3-12H,13H2,1-2H3,(H,22,24)(H,23,25). The summed E-state index contributed by atoms with van der Waals surface area (Å²) in [6, 6.07) is 15.9. The van der Waals surface area contributed by atoms with Gasteiger partial charge in [-0.3, -0.25) is 9.59 Å². The Kier molecular flexibility index (Phi) is 6.29. The second kappa shape index (κ2) is 9.05. The van der Waals surface area contributed by atoms with Crippen molar-refractivity contribution >= 4 is 28.8 Å². The highest BCUT2D eigenvalue weighted by Crippen LogP contribution is 2.30. The van der Waals surface area contributed by atoms with E-state index in [1.54, 1.807) is 56.7 Å². The predicted molar refractivity (Wildman–Crippen MR) is 109 cm³/mol. The van der Waals surface area contributed by atoms with Crippen molar-refractivity contribution < 1.29 is 19.1 Å². The van der Waals surface area contributed by atoms with E-state index in [1.807, 2.05) is 17.5 Å². The maximum Gasteiger partial charge on any atom is 0.265 e. The highest BCUT2D eigenvalue weighted by Gasteiger charge is 2.16. The number of rotatable bonds is 7. The molecule has 28 heavy (non-hydrogen) atoms. The minimum absolute atomic E-state index is 0.246. The van der Waals surface area contributed by atoms with E-state index >= 15 is 0 Å². The summed E-state index contributed by atoms with van der Waals surface area (Å²) in [7, 11) is 3.12. The third-order valence-electron chi connectivity index (χ3n) is 4.09. The molecule has 2 aromatic carbocycles. The van der Waals surface area contributed by atoms with Crippen LogP contribution in [0, 0.1) is 0 Å². The van der Waals surface area contributed by atoms with E-state index < -0.39 is 0 Å². The number of nitrogens with one attached hydrogen (secondary N) is 2. The number of methoxy groups -OCH3 is 2. The van der Waals surface area contributed by atoms with E-state index in [9.17, 15) is 9.59 Å². The maximum absolute atomic E-state index is 12.7. The summed E-state index contributed by atoms with van der Waals surface area (Å²) >= 11 is 1.34. The predicted octanol–water partition coefficient (Wildman–Crippen LogP) is 3.95. The van der Waals surface area contributed by atoms with Gasteiger partial charge in [0.25, 0.3) is 11.8 Å². The molecule has 0 unspecified atom stereocenters. The molecule has 0 spiro atoms. The Hall–Kier alpha value is -3.32. The Bertz CT molecular complexity index is 970. The second-order valence-electron chi connectivity index (χ2n) is 5.81. The number of carbonyl (C=O) groups is 2. The zero-order valence-electron chi connectivity index (χ0n) is 15.5. The first-order valence-corrected chi connectivity index (χ1v) is 9.44. The van der Waals surface area contributed by atoms with Crippen molar-refractivity contribution in [3.8, 4) is 11.5 Å². The second-order valence-corrected chi connectivity index (χ2v) is 6.76. The zero-order chi connectivity index (χ0) is 19.9. The molecule has 0 saturated carbocycles. The number of hydrogen-bond donors (Lipinski definition) is 2. The van der Waals surface area contributed by atoms with Gasteiger partial charge < -0.3 is 20.1 Å². The van der Waals surface area contributed by atoms with Crippen LogP contribution in [0.3, 0.4) is 0 Å². The normalized spacial score (nSPS) is 10.2. The van der Waals surface area contributed by atoms with Crippen molar-refractivity contribution in [3.05, 3.63) is 76.0 Å². The third kappa shape index (κ3) is 4.32. The van der Waals surface area contributed by atoms with Gasteiger partial charge in [0, 0.05) is 12.1 Å². The van der Waals surface area contributed by atoms with Gasteiger partial charge in [0.2, 0.25) is 0 Å². The molecular weight excluding hydrogens is 376 g/mol. The summed E-state index contributed by atoms with van der Waals surface area (Å²) in [5.41, 5.74) is 1.63. The number of ether oxygens (including phenoxy) is 2. The van der Waals surface area contributed by atoms with E-state index in [1.165, 1.54) is 11.3 Å². The molecule has 0 aliphatic rings. The molecule has 1 aromatic heterocycles. The summed E-state index contributed by atoms with van der Waals surface area (Å²) in [6.07, 6.45) is 0. The van der Waals surface area contributed by atoms with Crippen molar-refractivity contribution in [1.29, 1.82) is 0 Å². The van der Waals surface area contributed by atoms with Crippen LogP contribution in [-0.4, -0.2) is 26.0 Å². The molecule has 2 N–H and O–H groups in total. The molecule has 7 heteroatoms. The van der Waals surface area contributed by atoms with Crippen molar-refractivity contribution in [3.63, 3.8) is 0 Å². The average molecular weight is 396 g/mol. The fourth-order valence-electron chi connectivity index (χ4n) is 2.75. The summed E-state index contributed by atoms with van der Waals surface area (Å²) in [5.74, 6) is 0.624. The van der Waals surface area contributed by atoms with E-state index in [-0.39, 0.29) is 18.4 Å². The van der Waals surface area contributed by atoms with Crippen molar-refractivity contribution in [2.75, 3.05) is 19.5 Å². The van der Waals surface area contributed by atoms with Crippen LogP contribution in [0.1, 0.15) is 25.6 Å². The van der Waals surface area contributed by atoms with Crippen LogP contribution in [0.2, 0.25) is 0 Å². The smallest absolute Gasteiger partial charge is 0.265 e. The first kappa shape index (κ1) is 19.4. The van der Waals surface area contributed by atoms with Crippen molar-refractivity contribution in [2.24, 2.45) is 0 Å². The van der Waals surface area contributed by atoms with Crippen LogP contribution >= 0.6 is 11.3 Å². The molecule has 0 bridgehead atoms. The first-order chi connectivity index (χ1) is 13.6. The van der Waals surface area contributed by atoms with Gasteiger partial charge in [0.05, 0.1) is 30.3 Å². The van der Waals surface area contributed by atoms with E-state index in [0.717, 1.165) is 5.56 Å². The lowest BCUT2D eigenvalue weighted by Crippen LogP contribution is -2.25. The highest BCUT2D eigenvalue weighted by molar-refractivity contribution is 7.12.